The summed E-state index contributed by atoms with van der Waals surface area (Å²) in [7, 11) is 2.97. The second kappa shape index (κ2) is 11.1. The fourth-order valence-corrected chi connectivity index (χ4v) is 2.93. The van der Waals surface area contributed by atoms with Crippen LogP contribution in [0, 0.1) is 11.9 Å². The average Bonchev–Trinajstić information content (AvgIpc) is 3.24. The first-order valence-electron chi connectivity index (χ1n) is 8.74. The molecule has 4 aromatic rings. The van der Waals surface area contributed by atoms with E-state index in [4.69, 9.17) is 34.7 Å². The van der Waals surface area contributed by atoms with E-state index in [1.807, 2.05) is 0 Å². The van der Waals surface area contributed by atoms with Gasteiger partial charge in [0.2, 0.25) is 11.9 Å². The standard InChI is InChI=1S/C9H8ClFN4O.C5H5ClN2O.C4H4BrFN2/c1-14-8(11)7(3-13-14)15-4-5(10)2-6(12)9(15)16;6-3-1-4(7)5(9)8-2-3;1-8-4(6)3(5)2-7-8/h2-4H,12H2,1H3;1-2H,7H2,(H,8,9);2H,1H3. The maximum absolute atomic E-state index is 13.5. The van der Waals surface area contributed by atoms with Crippen molar-refractivity contribution in [2.24, 2.45) is 14.1 Å². The number of nitrogens with zero attached hydrogens (tertiary/aromatic N) is 5. The van der Waals surface area contributed by atoms with E-state index < -0.39 is 11.5 Å². The van der Waals surface area contributed by atoms with Crippen molar-refractivity contribution in [3.63, 3.8) is 0 Å². The molecular formula is C18H17BrCl2F2N8O2. The monoisotopic (exact) mass is 564 g/mol. The molecular weight excluding hydrogens is 549 g/mol. The van der Waals surface area contributed by atoms with Crippen LogP contribution in [-0.4, -0.2) is 29.1 Å². The minimum atomic E-state index is -0.635. The third-order valence-electron chi connectivity index (χ3n) is 3.84. The van der Waals surface area contributed by atoms with Crippen LogP contribution in [0.1, 0.15) is 0 Å². The van der Waals surface area contributed by atoms with Crippen LogP contribution in [0.4, 0.5) is 20.2 Å². The molecule has 0 fully saturated rings. The Bertz CT molecular complexity index is 1360. The topological polar surface area (TPSA) is 143 Å². The summed E-state index contributed by atoms with van der Waals surface area (Å²) in [6.07, 6.45) is 5.32. The van der Waals surface area contributed by atoms with E-state index in [0.717, 1.165) is 13.9 Å². The van der Waals surface area contributed by atoms with Crippen molar-refractivity contribution in [2.75, 3.05) is 11.5 Å². The molecule has 0 saturated heterocycles. The first-order valence-corrected chi connectivity index (χ1v) is 10.3. The SMILES string of the molecule is Cn1ncc(-n2cc(Cl)cc(N)c2=O)c1F.Cn1ncc(Br)c1F.Nc1cc(Cl)c[nH]c1=O. The molecule has 33 heavy (non-hydrogen) atoms. The van der Waals surface area contributed by atoms with Gasteiger partial charge in [-0.25, -0.2) is 9.36 Å². The van der Waals surface area contributed by atoms with Gasteiger partial charge in [-0.05, 0) is 28.1 Å². The van der Waals surface area contributed by atoms with Gasteiger partial charge in [-0.1, -0.05) is 23.2 Å². The number of nitrogen functional groups attached to an aromatic ring is 2. The second-order valence-electron chi connectivity index (χ2n) is 6.24. The summed E-state index contributed by atoms with van der Waals surface area (Å²) >= 11 is 14.2. The van der Waals surface area contributed by atoms with Crippen LogP contribution in [0.15, 0.2) is 51.0 Å². The third kappa shape index (κ3) is 6.66. The van der Waals surface area contributed by atoms with E-state index in [1.54, 1.807) is 7.05 Å². The number of aromatic amines is 1. The summed E-state index contributed by atoms with van der Waals surface area (Å²) in [6.45, 7) is 0. The lowest BCUT2D eigenvalue weighted by molar-refractivity contribution is 0.499. The molecule has 0 radical (unpaired) electrons. The number of rotatable bonds is 1. The summed E-state index contributed by atoms with van der Waals surface area (Å²) in [5, 5.41) is 7.99. The summed E-state index contributed by atoms with van der Waals surface area (Å²) < 4.78 is 29.5. The molecule has 4 aromatic heterocycles. The first-order chi connectivity index (χ1) is 15.4. The minimum Gasteiger partial charge on any atom is -0.394 e. The number of H-pyrrole nitrogens is 1. The van der Waals surface area contributed by atoms with Crippen molar-refractivity contribution in [2.45, 2.75) is 0 Å². The Morgan fingerprint density at radius 2 is 1.55 bits per heavy atom. The largest absolute Gasteiger partial charge is 0.394 e. The Morgan fingerprint density at radius 3 is 1.97 bits per heavy atom. The zero-order valence-corrected chi connectivity index (χ0v) is 20.2. The van der Waals surface area contributed by atoms with Crippen LogP contribution in [0.25, 0.3) is 5.69 Å². The smallest absolute Gasteiger partial charge is 0.278 e. The highest BCUT2D eigenvalue weighted by atomic mass is 79.9. The van der Waals surface area contributed by atoms with E-state index in [2.05, 4.69) is 31.1 Å². The van der Waals surface area contributed by atoms with Crippen molar-refractivity contribution < 1.29 is 8.78 Å². The molecule has 10 nitrogen and oxygen atoms in total. The number of pyridine rings is 2. The Balaban J connectivity index is 0.000000192. The molecule has 0 spiro atoms. The number of halogens is 5. The van der Waals surface area contributed by atoms with Crippen molar-refractivity contribution >= 4 is 50.5 Å². The summed E-state index contributed by atoms with van der Waals surface area (Å²) in [5.74, 6) is -0.978. The van der Waals surface area contributed by atoms with Crippen LogP contribution in [-0.2, 0) is 14.1 Å². The molecule has 0 saturated carbocycles. The summed E-state index contributed by atoms with van der Waals surface area (Å²) in [6, 6.07) is 2.72. The fraction of sp³-hybridized carbons (Fsp3) is 0.111. The number of anilines is 2. The lowest BCUT2D eigenvalue weighted by Crippen LogP contribution is -2.21. The predicted molar refractivity (Wildman–Crippen MR) is 126 cm³/mol. The van der Waals surface area contributed by atoms with E-state index in [-0.39, 0.29) is 33.6 Å². The molecule has 5 N–H and O–H groups in total. The van der Waals surface area contributed by atoms with Crippen molar-refractivity contribution in [3.8, 4) is 5.69 Å². The van der Waals surface area contributed by atoms with Gasteiger partial charge in [0.1, 0.15) is 5.69 Å². The van der Waals surface area contributed by atoms with Crippen LogP contribution in [0.3, 0.4) is 0 Å². The lowest BCUT2D eigenvalue weighted by atomic mass is 10.4. The van der Waals surface area contributed by atoms with Crippen molar-refractivity contribution in [3.05, 3.63) is 84.0 Å². The molecule has 0 aliphatic heterocycles. The van der Waals surface area contributed by atoms with Crippen LogP contribution in [0.2, 0.25) is 10.0 Å². The summed E-state index contributed by atoms with van der Waals surface area (Å²) in [4.78, 5) is 24.5. The van der Waals surface area contributed by atoms with Crippen molar-refractivity contribution in [1.29, 1.82) is 0 Å². The highest BCUT2D eigenvalue weighted by Gasteiger charge is 2.13. The molecule has 4 rings (SSSR count). The number of nitrogens with two attached hydrogens (primary N) is 2. The predicted octanol–water partition coefficient (Wildman–Crippen LogP) is 2.88. The van der Waals surface area contributed by atoms with Gasteiger partial charge in [-0.3, -0.25) is 14.2 Å². The molecule has 176 valence electrons. The van der Waals surface area contributed by atoms with Gasteiger partial charge >= 0.3 is 0 Å². The van der Waals surface area contributed by atoms with E-state index in [0.29, 0.717) is 9.50 Å². The molecule has 0 aliphatic rings. The number of hydrogen-bond acceptors (Lipinski definition) is 6. The number of nitrogens with one attached hydrogen (secondary N) is 1. The second-order valence-corrected chi connectivity index (χ2v) is 7.97. The molecule has 0 aliphatic carbocycles. The average molecular weight is 566 g/mol. The van der Waals surface area contributed by atoms with Gasteiger partial charge < -0.3 is 16.5 Å². The zero-order valence-electron chi connectivity index (χ0n) is 17.1. The Labute approximate surface area is 203 Å². The third-order valence-corrected chi connectivity index (χ3v) is 4.80. The van der Waals surface area contributed by atoms with Gasteiger partial charge in [-0.15, -0.1) is 0 Å². The number of aryl methyl sites for hydroxylation is 2. The van der Waals surface area contributed by atoms with Gasteiger partial charge in [0.25, 0.3) is 11.1 Å². The highest BCUT2D eigenvalue weighted by Crippen LogP contribution is 2.15. The molecule has 0 aromatic carbocycles. The van der Waals surface area contributed by atoms with Gasteiger partial charge in [-0.2, -0.15) is 19.0 Å². The molecule has 0 atom stereocenters. The highest BCUT2D eigenvalue weighted by molar-refractivity contribution is 9.10. The minimum absolute atomic E-state index is 0.0155. The Hall–Kier alpha value is -3.16. The van der Waals surface area contributed by atoms with Crippen LogP contribution >= 0.6 is 39.1 Å². The molecule has 0 amide bonds. The molecule has 4 heterocycles. The normalized spacial score (nSPS) is 10.2. The number of hydrogen-bond donors (Lipinski definition) is 3. The quantitative estimate of drug-likeness (QED) is 0.324. The van der Waals surface area contributed by atoms with Crippen molar-refractivity contribution in [1.82, 2.24) is 29.1 Å². The molecule has 0 unspecified atom stereocenters. The maximum Gasteiger partial charge on any atom is 0.278 e. The molecule has 0 bridgehead atoms. The van der Waals surface area contributed by atoms with Gasteiger partial charge in [0.15, 0.2) is 0 Å². The zero-order chi connectivity index (χ0) is 24.9. The maximum atomic E-state index is 13.5. The first kappa shape index (κ1) is 26.1. The van der Waals surface area contributed by atoms with Gasteiger partial charge in [0, 0.05) is 26.5 Å². The van der Waals surface area contributed by atoms with E-state index in [9.17, 15) is 18.4 Å². The van der Waals surface area contributed by atoms with Crippen LogP contribution in [0.5, 0.6) is 0 Å². The van der Waals surface area contributed by atoms with E-state index >= 15 is 0 Å². The molecule has 15 heteroatoms. The van der Waals surface area contributed by atoms with Crippen LogP contribution < -0.4 is 22.6 Å². The number of aromatic nitrogens is 6. The Kier molecular flexibility index (Phi) is 8.79. The fourth-order valence-electron chi connectivity index (χ4n) is 2.19. The lowest BCUT2D eigenvalue weighted by Gasteiger charge is -2.04. The summed E-state index contributed by atoms with van der Waals surface area (Å²) in [5.41, 5.74) is 9.91. The van der Waals surface area contributed by atoms with E-state index in [1.165, 1.54) is 44.0 Å². The Morgan fingerprint density at radius 1 is 0.970 bits per heavy atom. The van der Waals surface area contributed by atoms with Gasteiger partial charge in [0.05, 0.1) is 38.3 Å².